The molecule has 0 aliphatic carbocycles. The van der Waals surface area contributed by atoms with Crippen molar-refractivity contribution in [3.8, 4) is 0 Å². The normalized spacial score (nSPS) is 11.3. The Morgan fingerprint density at radius 3 is 1.83 bits per heavy atom. The summed E-state index contributed by atoms with van der Waals surface area (Å²) in [4.78, 5) is 4.10. The molecule has 0 bridgehead atoms. The van der Waals surface area contributed by atoms with Gasteiger partial charge in [-0.05, 0) is 30.5 Å². The topological polar surface area (TPSA) is 24.9 Å². The molecule has 1 N–H and O–H groups in total. The number of aromatic nitrogens is 1. The van der Waals surface area contributed by atoms with Crippen molar-refractivity contribution in [3.05, 3.63) is 30.1 Å². The van der Waals surface area contributed by atoms with Gasteiger partial charge in [0.1, 0.15) is 0 Å². The van der Waals surface area contributed by atoms with Crippen LogP contribution in [0.1, 0.15) is 96.5 Å². The van der Waals surface area contributed by atoms with E-state index in [0.29, 0.717) is 6.04 Å². The van der Waals surface area contributed by atoms with Crippen LogP contribution in [-0.2, 0) is 6.54 Å². The summed E-state index contributed by atoms with van der Waals surface area (Å²) in [5.74, 6) is 0. The van der Waals surface area contributed by atoms with Crippen LogP contribution in [0.2, 0.25) is 0 Å². The van der Waals surface area contributed by atoms with Gasteiger partial charge in [-0.25, -0.2) is 0 Å². The van der Waals surface area contributed by atoms with Crippen LogP contribution in [0.5, 0.6) is 0 Å². The Balaban J connectivity index is 2.25. The molecule has 1 rings (SSSR count). The average molecular weight is 319 g/mol. The van der Waals surface area contributed by atoms with E-state index in [0.717, 1.165) is 6.54 Å². The van der Waals surface area contributed by atoms with Crippen LogP contribution in [0.15, 0.2) is 24.5 Å². The van der Waals surface area contributed by atoms with Crippen molar-refractivity contribution in [3.63, 3.8) is 0 Å². The van der Waals surface area contributed by atoms with E-state index < -0.39 is 0 Å². The van der Waals surface area contributed by atoms with E-state index in [1.807, 2.05) is 12.4 Å². The molecular weight excluding hydrogens is 280 g/mol. The van der Waals surface area contributed by atoms with Gasteiger partial charge >= 0.3 is 0 Å². The van der Waals surface area contributed by atoms with Gasteiger partial charge in [0.05, 0.1) is 0 Å². The van der Waals surface area contributed by atoms with Crippen LogP contribution < -0.4 is 5.32 Å². The minimum absolute atomic E-state index is 0.686. The van der Waals surface area contributed by atoms with Crippen molar-refractivity contribution in [2.24, 2.45) is 0 Å². The van der Waals surface area contributed by atoms with Crippen molar-refractivity contribution in [2.45, 2.75) is 103 Å². The maximum atomic E-state index is 4.10. The summed E-state index contributed by atoms with van der Waals surface area (Å²) in [5.41, 5.74) is 1.35. The Morgan fingerprint density at radius 1 is 0.783 bits per heavy atom. The highest BCUT2D eigenvalue weighted by atomic mass is 14.9. The third-order valence-corrected chi connectivity index (χ3v) is 4.66. The van der Waals surface area contributed by atoms with E-state index in [-0.39, 0.29) is 0 Å². The largest absolute Gasteiger partial charge is 0.310 e. The number of hydrogen-bond donors (Lipinski definition) is 1. The molecule has 0 aliphatic heterocycles. The Labute approximate surface area is 144 Å². The molecule has 0 saturated carbocycles. The zero-order valence-corrected chi connectivity index (χ0v) is 15.5. The highest BCUT2D eigenvalue weighted by Crippen LogP contribution is 2.14. The second-order valence-electron chi connectivity index (χ2n) is 6.84. The molecule has 0 amide bonds. The molecule has 0 saturated heterocycles. The van der Waals surface area contributed by atoms with E-state index in [2.05, 4.69) is 36.3 Å². The monoisotopic (exact) mass is 318 g/mol. The molecule has 0 fully saturated rings. The van der Waals surface area contributed by atoms with Crippen molar-refractivity contribution < 1.29 is 0 Å². The second-order valence-corrected chi connectivity index (χ2v) is 6.84. The SMILES string of the molecule is CCCCCCCC(CCCCCCC)NCc1ccncc1. The van der Waals surface area contributed by atoms with Crippen LogP contribution in [0.4, 0.5) is 0 Å². The maximum Gasteiger partial charge on any atom is 0.0271 e. The zero-order valence-electron chi connectivity index (χ0n) is 15.5. The molecule has 0 aliphatic rings. The molecule has 1 aromatic heterocycles. The summed E-state index contributed by atoms with van der Waals surface area (Å²) in [6, 6.07) is 4.92. The van der Waals surface area contributed by atoms with Gasteiger partial charge in [-0.15, -0.1) is 0 Å². The molecule has 132 valence electrons. The maximum absolute atomic E-state index is 4.10. The third kappa shape index (κ3) is 11.3. The predicted octanol–water partition coefficient (Wildman–Crippen LogP) is 6.26. The quantitative estimate of drug-likeness (QED) is 0.386. The molecule has 23 heavy (non-hydrogen) atoms. The molecule has 1 aromatic rings. The minimum Gasteiger partial charge on any atom is -0.310 e. The van der Waals surface area contributed by atoms with Crippen molar-refractivity contribution in [1.82, 2.24) is 10.3 Å². The van der Waals surface area contributed by atoms with Crippen LogP contribution in [0.25, 0.3) is 0 Å². The van der Waals surface area contributed by atoms with Gasteiger partial charge in [0.2, 0.25) is 0 Å². The zero-order chi connectivity index (χ0) is 16.6. The first-order valence-corrected chi connectivity index (χ1v) is 9.99. The molecular formula is C21H38N2. The Hall–Kier alpha value is -0.890. The number of nitrogens with zero attached hydrogens (tertiary/aromatic N) is 1. The second kappa shape index (κ2) is 14.7. The van der Waals surface area contributed by atoms with Gasteiger partial charge in [0, 0.05) is 25.0 Å². The lowest BCUT2D eigenvalue weighted by molar-refractivity contribution is 0.411. The summed E-state index contributed by atoms with van der Waals surface area (Å²) < 4.78 is 0. The van der Waals surface area contributed by atoms with Crippen molar-refractivity contribution >= 4 is 0 Å². The van der Waals surface area contributed by atoms with Crippen LogP contribution >= 0.6 is 0 Å². The molecule has 0 unspecified atom stereocenters. The lowest BCUT2D eigenvalue weighted by Gasteiger charge is -2.19. The van der Waals surface area contributed by atoms with Crippen molar-refractivity contribution in [1.29, 1.82) is 0 Å². The lowest BCUT2D eigenvalue weighted by atomic mass is 10.00. The molecule has 0 radical (unpaired) electrons. The van der Waals surface area contributed by atoms with Gasteiger partial charge in [-0.3, -0.25) is 4.98 Å². The van der Waals surface area contributed by atoms with Crippen molar-refractivity contribution in [2.75, 3.05) is 0 Å². The number of rotatable bonds is 15. The van der Waals surface area contributed by atoms with E-state index >= 15 is 0 Å². The highest BCUT2D eigenvalue weighted by molar-refractivity contribution is 5.09. The summed E-state index contributed by atoms with van der Waals surface area (Å²) in [7, 11) is 0. The first-order valence-electron chi connectivity index (χ1n) is 9.99. The van der Waals surface area contributed by atoms with Gasteiger partial charge in [-0.1, -0.05) is 78.1 Å². The van der Waals surface area contributed by atoms with Crippen LogP contribution in [-0.4, -0.2) is 11.0 Å². The molecule has 0 atom stereocenters. The highest BCUT2D eigenvalue weighted by Gasteiger charge is 2.08. The summed E-state index contributed by atoms with van der Waals surface area (Å²) >= 11 is 0. The first kappa shape index (κ1) is 20.2. The van der Waals surface area contributed by atoms with Gasteiger partial charge in [0.25, 0.3) is 0 Å². The lowest BCUT2D eigenvalue weighted by Crippen LogP contribution is -2.28. The molecule has 0 spiro atoms. The molecule has 1 heterocycles. The first-order chi connectivity index (χ1) is 11.4. The fourth-order valence-electron chi connectivity index (χ4n) is 3.10. The number of hydrogen-bond acceptors (Lipinski definition) is 2. The standard InChI is InChI=1S/C21H38N2/c1-3-5-7-9-11-13-21(14-12-10-8-6-4-2)23-19-20-15-17-22-18-16-20/h15-18,21,23H,3-14,19H2,1-2H3. The third-order valence-electron chi connectivity index (χ3n) is 4.66. The molecule has 0 aromatic carbocycles. The van der Waals surface area contributed by atoms with E-state index in [1.165, 1.54) is 82.6 Å². The predicted molar refractivity (Wildman–Crippen MR) is 102 cm³/mol. The van der Waals surface area contributed by atoms with E-state index in [1.54, 1.807) is 0 Å². The Morgan fingerprint density at radius 2 is 1.30 bits per heavy atom. The summed E-state index contributed by atoms with van der Waals surface area (Å²) in [6.45, 7) is 5.56. The summed E-state index contributed by atoms with van der Waals surface area (Å²) in [6.07, 6.45) is 20.3. The van der Waals surface area contributed by atoms with E-state index in [4.69, 9.17) is 0 Å². The number of nitrogens with one attached hydrogen (secondary N) is 1. The minimum atomic E-state index is 0.686. The van der Waals surface area contributed by atoms with Crippen LogP contribution in [0, 0.1) is 0 Å². The number of unbranched alkanes of at least 4 members (excludes halogenated alkanes) is 8. The fourth-order valence-corrected chi connectivity index (χ4v) is 3.10. The smallest absolute Gasteiger partial charge is 0.0271 e. The van der Waals surface area contributed by atoms with Gasteiger partial charge in [0.15, 0.2) is 0 Å². The Kier molecular flexibility index (Phi) is 12.9. The average Bonchev–Trinajstić information content (AvgIpc) is 2.59. The molecule has 2 heteroatoms. The van der Waals surface area contributed by atoms with Crippen LogP contribution in [0.3, 0.4) is 0 Å². The van der Waals surface area contributed by atoms with Gasteiger partial charge < -0.3 is 5.32 Å². The van der Waals surface area contributed by atoms with Gasteiger partial charge in [-0.2, -0.15) is 0 Å². The molecule has 2 nitrogen and oxygen atoms in total. The Bertz CT molecular complexity index is 336. The van der Waals surface area contributed by atoms with E-state index in [9.17, 15) is 0 Å². The fraction of sp³-hybridized carbons (Fsp3) is 0.762. The summed E-state index contributed by atoms with van der Waals surface area (Å²) in [5, 5.41) is 3.79. The number of pyridine rings is 1.